The summed E-state index contributed by atoms with van der Waals surface area (Å²) in [6.45, 7) is 8.13. The Kier molecular flexibility index (Phi) is 6.38. The van der Waals surface area contributed by atoms with Crippen molar-refractivity contribution in [3.05, 3.63) is 75.6 Å². The van der Waals surface area contributed by atoms with Gasteiger partial charge in [-0.1, -0.05) is 29.3 Å². The zero-order chi connectivity index (χ0) is 23.7. The summed E-state index contributed by atoms with van der Waals surface area (Å²) in [6, 6.07) is 13.4. The molecule has 1 amide bonds. The fraction of sp³-hybridized carbons (Fsp3) is 0.269. The van der Waals surface area contributed by atoms with Crippen LogP contribution in [-0.4, -0.2) is 27.8 Å². The first kappa shape index (κ1) is 22.8. The molecule has 7 heteroatoms. The van der Waals surface area contributed by atoms with Crippen LogP contribution in [0.25, 0.3) is 16.7 Å². The Hall–Kier alpha value is -3.38. The second-order valence-corrected chi connectivity index (χ2v) is 8.66. The first-order chi connectivity index (χ1) is 15.8. The molecule has 4 rings (SSSR count). The molecule has 0 saturated heterocycles. The van der Waals surface area contributed by atoms with Crippen molar-refractivity contribution in [2.75, 3.05) is 12.4 Å². The molecule has 0 saturated carbocycles. The monoisotopic (exact) mass is 462 g/mol. The second kappa shape index (κ2) is 9.24. The number of rotatable bonds is 6. The molecule has 0 unspecified atom stereocenters. The Labute approximate surface area is 198 Å². The van der Waals surface area contributed by atoms with Crippen LogP contribution in [0.15, 0.2) is 42.5 Å². The van der Waals surface area contributed by atoms with Gasteiger partial charge in [-0.05, 0) is 75.6 Å². The average molecular weight is 463 g/mol. The highest BCUT2D eigenvalue weighted by Crippen LogP contribution is 2.30. The molecule has 0 aliphatic rings. The van der Waals surface area contributed by atoms with Crippen molar-refractivity contribution in [3.63, 3.8) is 0 Å². The lowest BCUT2D eigenvalue weighted by Gasteiger charge is -2.13. The minimum absolute atomic E-state index is 0.110. The van der Waals surface area contributed by atoms with E-state index in [-0.39, 0.29) is 5.91 Å². The van der Waals surface area contributed by atoms with Gasteiger partial charge in [0.2, 0.25) is 5.91 Å². The van der Waals surface area contributed by atoms with Crippen molar-refractivity contribution in [1.82, 2.24) is 14.8 Å². The molecule has 6 nitrogen and oxygen atoms in total. The van der Waals surface area contributed by atoms with Crippen LogP contribution < -0.4 is 10.1 Å². The number of pyridine rings is 1. The molecule has 0 aliphatic carbocycles. The van der Waals surface area contributed by atoms with Crippen molar-refractivity contribution >= 4 is 34.2 Å². The van der Waals surface area contributed by atoms with Crippen molar-refractivity contribution in [2.45, 2.75) is 40.5 Å². The van der Waals surface area contributed by atoms with Crippen molar-refractivity contribution in [2.24, 2.45) is 0 Å². The highest BCUT2D eigenvalue weighted by atomic mass is 35.5. The maximum absolute atomic E-state index is 12.7. The third kappa shape index (κ3) is 4.57. The zero-order valence-corrected chi connectivity index (χ0v) is 20.2. The fourth-order valence-electron chi connectivity index (χ4n) is 4.17. The Balaban J connectivity index is 1.60. The lowest BCUT2D eigenvalue weighted by Crippen LogP contribution is -2.14. The Morgan fingerprint density at radius 1 is 1.06 bits per heavy atom. The number of fused-ring (bicyclic) bond motifs is 1. The predicted molar refractivity (Wildman–Crippen MR) is 133 cm³/mol. The number of aryl methyl sites for hydroxylation is 4. The van der Waals surface area contributed by atoms with E-state index < -0.39 is 0 Å². The van der Waals surface area contributed by atoms with Gasteiger partial charge in [0.05, 0.1) is 24.2 Å². The maximum atomic E-state index is 12.7. The van der Waals surface area contributed by atoms with E-state index in [2.05, 4.69) is 43.4 Å². The summed E-state index contributed by atoms with van der Waals surface area (Å²) in [5, 5.41) is 9.24. The SMILES string of the molecule is COc1ccc(Cl)cc1NC(=O)CCc1c(C)nc2c(c(C)nn2-c2ccc(C)cc2)c1C. The molecule has 0 atom stereocenters. The van der Waals surface area contributed by atoms with Crippen LogP contribution in [0.4, 0.5) is 5.69 Å². The quantitative estimate of drug-likeness (QED) is 0.388. The summed E-state index contributed by atoms with van der Waals surface area (Å²) < 4.78 is 7.21. The lowest BCUT2D eigenvalue weighted by molar-refractivity contribution is -0.116. The third-order valence-electron chi connectivity index (χ3n) is 5.89. The number of amides is 1. The number of nitrogens with one attached hydrogen (secondary N) is 1. The summed E-state index contributed by atoms with van der Waals surface area (Å²) in [5.74, 6) is 0.462. The molecule has 0 radical (unpaired) electrons. The topological polar surface area (TPSA) is 69.0 Å². The van der Waals surface area contributed by atoms with E-state index in [1.54, 1.807) is 25.3 Å². The predicted octanol–water partition coefficient (Wildman–Crippen LogP) is 5.89. The standard InChI is InChI=1S/C26H27ClN4O2/c1-15-6-9-20(10-7-15)31-26-25(18(4)30-31)16(2)21(17(3)28-26)11-13-24(32)29-22-14-19(27)8-12-23(22)33-5/h6-10,12,14H,11,13H2,1-5H3,(H,29,32). The molecule has 4 aromatic rings. The largest absolute Gasteiger partial charge is 0.495 e. The number of anilines is 1. The summed E-state index contributed by atoms with van der Waals surface area (Å²) >= 11 is 6.07. The average Bonchev–Trinajstić information content (AvgIpc) is 3.10. The highest BCUT2D eigenvalue weighted by molar-refractivity contribution is 6.31. The van der Waals surface area contributed by atoms with Crippen LogP contribution in [0.2, 0.25) is 5.02 Å². The Bertz CT molecular complexity index is 1340. The van der Waals surface area contributed by atoms with Crippen molar-refractivity contribution in [3.8, 4) is 11.4 Å². The van der Waals surface area contributed by atoms with E-state index in [9.17, 15) is 4.79 Å². The van der Waals surface area contributed by atoms with Crippen molar-refractivity contribution in [1.29, 1.82) is 0 Å². The van der Waals surface area contributed by atoms with Crippen LogP contribution in [-0.2, 0) is 11.2 Å². The zero-order valence-electron chi connectivity index (χ0n) is 19.5. The molecule has 2 aromatic heterocycles. The first-order valence-corrected chi connectivity index (χ1v) is 11.2. The molecule has 170 valence electrons. The number of hydrogen-bond acceptors (Lipinski definition) is 4. The maximum Gasteiger partial charge on any atom is 0.224 e. The normalized spacial score (nSPS) is 11.1. The molecule has 2 aromatic carbocycles. The number of nitrogens with zero attached hydrogens (tertiary/aromatic N) is 3. The van der Waals surface area contributed by atoms with E-state index in [1.807, 2.05) is 18.5 Å². The van der Waals surface area contributed by atoms with Crippen LogP contribution in [0, 0.1) is 27.7 Å². The van der Waals surface area contributed by atoms with Gasteiger partial charge in [-0.25, -0.2) is 9.67 Å². The van der Waals surface area contributed by atoms with Gasteiger partial charge in [-0.15, -0.1) is 0 Å². The number of ether oxygens (including phenoxy) is 1. The highest BCUT2D eigenvalue weighted by Gasteiger charge is 2.18. The Morgan fingerprint density at radius 3 is 2.48 bits per heavy atom. The first-order valence-electron chi connectivity index (χ1n) is 10.8. The van der Waals surface area contributed by atoms with E-state index >= 15 is 0 Å². The van der Waals surface area contributed by atoms with E-state index in [1.165, 1.54) is 5.56 Å². The summed E-state index contributed by atoms with van der Waals surface area (Å²) in [6.07, 6.45) is 0.889. The molecule has 0 spiro atoms. The number of hydrogen-bond donors (Lipinski definition) is 1. The number of benzene rings is 2. The van der Waals surface area contributed by atoms with Crippen LogP contribution in [0.5, 0.6) is 5.75 Å². The molecular formula is C26H27ClN4O2. The van der Waals surface area contributed by atoms with Gasteiger partial charge in [-0.3, -0.25) is 4.79 Å². The van der Waals surface area contributed by atoms with Gasteiger partial charge in [-0.2, -0.15) is 5.10 Å². The van der Waals surface area contributed by atoms with Gasteiger partial charge in [0.25, 0.3) is 0 Å². The minimum atomic E-state index is -0.110. The molecule has 0 aliphatic heterocycles. The van der Waals surface area contributed by atoms with E-state index in [0.29, 0.717) is 29.3 Å². The van der Waals surface area contributed by atoms with Crippen LogP contribution in [0.3, 0.4) is 0 Å². The third-order valence-corrected chi connectivity index (χ3v) is 6.13. The molecule has 1 N–H and O–H groups in total. The van der Waals surface area contributed by atoms with Crippen molar-refractivity contribution < 1.29 is 9.53 Å². The van der Waals surface area contributed by atoms with Gasteiger partial charge in [0.1, 0.15) is 5.75 Å². The van der Waals surface area contributed by atoms with E-state index in [0.717, 1.165) is 39.2 Å². The Morgan fingerprint density at radius 2 is 1.79 bits per heavy atom. The summed E-state index contributed by atoms with van der Waals surface area (Å²) in [5.41, 5.74) is 7.58. The van der Waals surface area contributed by atoms with E-state index in [4.69, 9.17) is 26.4 Å². The fourth-order valence-corrected chi connectivity index (χ4v) is 4.34. The molecular weight excluding hydrogens is 436 g/mol. The van der Waals surface area contributed by atoms with Crippen LogP contribution in [0.1, 0.15) is 34.5 Å². The van der Waals surface area contributed by atoms with Gasteiger partial charge >= 0.3 is 0 Å². The van der Waals surface area contributed by atoms with Gasteiger partial charge in [0.15, 0.2) is 5.65 Å². The number of carbonyl (C=O) groups excluding carboxylic acids is 1. The summed E-state index contributed by atoms with van der Waals surface area (Å²) in [7, 11) is 1.56. The smallest absolute Gasteiger partial charge is 0.224 e. The number of carbonyl (C=O) groups is 1. The molecule has 33 heavy (non-hydrogen) atoms. The van der Waals surface area contributed by atoms with Gasteiger partial charge in [0, 0.05) is 22.5 Å². The number of aromatic nitrogens is 3. The van der Waals surface area contributed by atoms with Crippen LogP contribution >= 0.6 is 11.6 Å². The summed E-state index contributed by atoms with van der Waals surface area (Å²) in [4.78, 5) is 17.6. The number of halogens is 1. The van der Waals surface area contributed by atoms with Gasteiger partial charge < -0.3 is 10.1 Å². The second-order valence-electron chi connectivity index (χ2n) is 8.22. The number of methoxy groups -OCH3 is 1. The molecule has 2 heterocycles. The lowest BCUT2D eigenvalue weighted by atomic mass is 9.99. The molecule has 0 fully saturated rings. The minimum Gasteiger partial charge on any atom is -0.495 e. The molecule has 0 bridgehead atoms.